The number of hydrogen-bond donors (Lipinski definition) is 1. The summed E-state index contributed by atoms with van der Waals surface area (Å²) in [6.45, 7) is 4.66. The van der Waals surface area contributed by atoms with E-state index in [-0.39, 0.29) is 21.9 Å². The van der Waals surface area contributed by atoms with Crippen molar-refractivity contribution >= 4 is 27.3 Å². The highest BCUT2D eigenvalue weighted by molar-refractivity contribution is 7.89. The Labute approximate surface area is 122 Å². The second-order valence-corrected chi connectivity index (χ2v) is 7.72. The molecule has 1 aromatic heterocycles. The van der Waals surface area contributed by atoms with Crippen LogP contribution in [0.1, 0.15) is 23.5 Å². The van der Waals surface area contributed by atoms with E-state index < -0.39 is 16.0 Å². The largest absolute Gasteiger partial charge is 0.465 e. The molecular weight excluding hydrogens is 300 g/mol. The number of nitrogens with zero attached hydrogens (tertiary/aromatic N) is 1. The van der Waals surface area contributed by atoms with Crippen LogP contribution in [0.4, 0.5) is 0 Å². The second-order valence-electron chi connectivity index (χ2n) is 4.90. The molecule has 0 aromatic carbocycles. The summed E-state index contributed by atoms with van der Waals surface area (Å²) >= 11 is 1.08. The Morgan fingerprint density at radius 3 is 2.55 bits per heavy atom. The van der Waals surface area contributed by atoms with Crippen molar-refractivity contribution < 1.29 is 17.9 Å². The molecule has 2 atom stereocenters. The van der Waals surface area contributed by atoms with E-state index in [0.29, 0.717) is 13.1 Å². The van der Waals surface area contributed by atoms with Gasteiger partial charge in [0.1, 0.15) is 9.77 Å². The first-order chi connectivity index (χ1) is 9.36. The summed E-state index contributed by atoms with van der Waals surface area (Å²) in [5.74, 6) is -0.616. The third kappa shape index (κ3) is 2.88. The van der Waals surface area contributed by atoms with Crippen molar-refractivity contribution in [3.05, 3.63) is 16.3 Å². The zero-order valence-corrected chi connectivity index (χ0v) is 13.3. The maximum Gasteiger partial charge on any atom is 0.349 e. The highest BCUT2D eigenvalue weighted by Crippen LogP contribution is 2.27. The van der Waals surface area contributed by atoms with Gasteiger partial charge in [0.15, 0.2) is 0 Å². The van der Waals surface area contributed by atoms with Crippen molar-refractivity contribution in [1.82, 2.24) is 9.62 Å². The smallest absolute Gasteiger partial charge is 0.349 e. The molecule has 1 aromatic rings. The molecule has 1 N–H and O–H groups in total. The number of piperazine rings is 1. The highest BCUT2D eigenvalue weighted by Gasteiger charge is 2.34. The van der Waals surface area contributed by atoms with Gasteiger partial charge in [-0.1, -0.05) is 0 Å². The van der Waals surface area contributed by atoms with Gasteiger partial charge in [-0.25, -0.2) is 13.2 Å². The van der Waals surface area contributed by atoms with Crippen LogP contribution in [0, 0.1) is 0 Å². The van der Waals surface area contributed by atoms with Gasteiger partial charge < -0.3 is 10.1 Å². The van der Waals surface area contributed by atoms with Crippen molar-refractivity contribution in [2.45, 2.75) is 30.8 Å². The lowest BCUT2D eigenvalue weighted by molar-refractivity contribution is 0.0602. The maximum atomic E-state index is 12.7. The molecule has 0 bridgehead atoms. The number of carbonyl (C=O) groups is 1. The zero-order valence-electron chi connectivity index (χ0n) is 11.6. The highest BCUT2D eigenvalue weighted by atomic mass is 32.2. The Hall–Kier alpha value is -0.960. The summed E-state index contributed by atoms with van der Waals surface area (Å²) in [6, 6.07) is 1.62. The lowest BCUT2D eigenvalue weighted by atomic mass is 10.2. The topological polar surface area (TPSA) is 75.7 Å². The number of hydrogen-bond acceptors (Lipinski definition) is 6. The van der Waals surface area contributed by atoms with Gasteiger partial charge in [0.25, 0.3) is 0 Å². The Balaban J connectivity index is 2.36. The summed E-state index contributed by atoms with van der Waals surface area (Å²) in [4.78, 5) is 11.8. The normalized spacial score (nSPS) is 24.6. The minimum Gasteiger partial charge on any atom is -0.465 e. The standard InChI is InChI=1S/C12H18N2O4S2/c1-8-6-14(7-9(2)13-8)20(16,17)10-4-5-19-11(10)12(15)18-3/h4-5,8-9,13H,6-7H2,1-3H3. The van der Waals surface area contributed by atoms with Crippen LogP contribution >= 0.6 is 11.3 Å². The fraction of sp³-hybridized carbons (Fsp3) is 0.583. The summed E-state index contributed by atoms with van der Waals surface area (Å²) < 4.78 is 31.4. The van der Waals surface area contributed by atoms with Crippen LogP contribution in [-0.4, -0.2) is 51.0 Å². The second kappa shape index (κ2) is 5.80. The predicted octanol–water partition coefficient (Wildman–Crippen LogP) is 0.906. The van der Waals surface area contributed by atoms with Gasteiger partial charge in [-0.3, -0.25) is 0 Å². The van der Waals surface area contributed by atoms with Gasteiger partial charge >= 0.3 is 5.97 Å². The van der Waals surface area contributed by atoms with Gasteiger partial charge in [-0.15, -0.1) is 11.3 Å². The van der Waals surface area contributed by atoms with E-state index in [1.54, 1.807) is 5.38 Å². The van der Waals surface area contributed by atoms with E-state index in [1.165, 1.54) is 17.5 Å². The van der Waals surface area contributed by atoms with Crippen LogP contribution in [0.5, 0.6) is 0 Å². The number of rotatable bonds is 3. The molecule has 1 aliphatic heterocycles. The average molecular weight is 318 g/mol. The first-order valence-electron chi connectivity index (χ1n) is 6.28. The molecule has 20 heavy (non-hydrogen) atoms. The van der Waals surface area contributed by atoms with Crippen LogP contribution in [0.15, 0.2) is 16.3 Å². The minimum absolute atomic E-state index is 0.0376. The fourth-order valence-electron chi connectivity index (χ4n) is 2.35. The number of carbonyl (C=O) groups excluding carboxylic acids is 1. The van der Waals surface area contributed by atoms with E-state index in [0.717, 1.165) is 11.3 Å². The lowest BCUT2D eigenvalue weighted by Crippen LogP contribution is -2.55. The monoisotopic (exact) mass is 318 g/mol. The predicted molar refractivity (Wildman–Crippen MR) is 76.5 cm³/mol. The number of sulfonamides is 1. The zero-order chi connectivity index (χ0) is 14.9. The molecule has 0 saturated carbocycles. The van der Waals surface area contributed by atoms with Crippen LogP contribution in [0.2, 0.25) is 0 Å². The van der Waals surface area contributed by atoms with Crippen molar-refractivity contribution in [2.75, 3.05) is 20.2 Å². The number of nitrogens with one attached hydrogen (secondary N) is 1. The molecule has 0 radical (unpaired) electrons. The van der Waals surface area contributed by atoms with E-state index in [9.17, 15) is 13.2 Å². The molecule has 6 nitrogen and oxygen atoms in total. The molecule has 2 unspecified atom stereocenters. The van der Waals surface area contributed by atoms with Crippen molar-refractivity contribution in [3.63, 3.8) is 0 Å². The summed E-state index contributed by atoms with van der Waals surface area (Å²) in [5.41, 5.74) is 0. The van der Waals surface area contributed by atoms with Gasteiger partial charge in [-0.05, 0) is 25.3 Å². The molecule has 0 amide bonds. The van der Waals surface area contributed by atoms with Crippen molar-refractivity contribution in [1.29, 1.82) is 0 Å². The van der Waals surface area contributed by atoms with E-state index >= 15 is 0 Å². The number of methoxy groups -OCH3 is 1. The van der Waals surface area contributed by atoms with Crippen LogP contribution < -0.4 is 5.32 Å². The van der Waals surface area contributed by atoms with E-state index in [2.05, 4.69) is 10.1 Å². The van der Waals surface area contributed by atoms with Crippen molar-refractivity contribution in [2.24, 2.45) is 0 Å². The molecule has 2 heterocycles. The molecule has 1 aliphatic rings. The molecule has 2 rings (SSSR count). The Morgan fingerprint density at radius 2 is 2.00 bits per heavy atom. The van der Waals surface area contributed by atoms with E-state index in [4.69, 9.17) is 0 Å². The Kier molecular flexibility index (Phi) is 4.48. The average Bonchev–Trinajstić information content (AvgIpc) is 2.86. The summed E-state index contributed by atoms with van der Waals surface area (Å²) in [7, 11) is -2.42. The van der Waals surface area contributed by atoms with Crippen LogP contribution in [0.3, 0.4) is 0 Å². The first-order valence-corrected chi connectivity index (χ1v) is 8.60. The van der Waals surface area contributed by atoms with Gasteiger partial charge in [0.2, 0.25) is 10.0 Å². The molecule has 1 fully saturated rings. The lowest BCUT2D eigenvalue weighted by Gasteiger charge is -2.35. The first kappa shape index (κ1) is 15.4. The summed E-state index contributed by atoms with van der Waals surface area (Å²) in [6.07, 6.45) is 0. The number of ether oxygens (including phenoxy) is 1. The molecule has 8 heteroatoms. The molecule has 112 valence electrons. The van der Waals surface area contributed by atoms with Crippen LogP contribution in [-0.2, 0) is 14.8 Å². The number of esters is 1. The van der Waals surface area contributed by atoms with Crippen molar-refractivity contribution in [3.8, 4) is 0 Å². The van der Waals surface area contributed by atoms with Gasteiger partial charge in [0.05, 0.1) is 7.11 Å². The van der Waals surface area contributed by atoms with E-state index in [1.807, 2.05) is 13.8 Å². The third-order valence-corrected chi connectivity index (χ3v) is 6.04. The molecule has 0 aliphatic carbocycles. The fourth-order valence-corrected chi connectivity index (χ4v) is 5.28. The Morgan fingerprint density at radius 1 is 1.40 bits per heavy atom. The molecule has 0 spiro atoms. The minimum atomic E-state index is -3.67. The SMILES string of the molecule is COC(=O)c1sccc1S(=O)(=O)N1CC(C)NC(C)C1. The van der Waals surface area contributed by atoms with Gasteiger partial charge in [-0.2, -0.15) is 4.31 Å². The summed E-state index contributed by atoms with van der Waals surface area (Å²) in [5, 5.41) is 4.87. The quantitative estimate of drug-likeness (QED) is 0.838. The maximum absolute atomic E-state index is 12.7. The third-order valence-electron chi connectivity index (χ3n) is 3.14. The van der Waals surface area contributed by atoms with Gasteiger partial charge in [0, 0.05) is 25.2 Å². The molecular formula is C12H18N2O4S2. The Bertz CT molecular complexity index is 586. The molecule has 1 saturated heterocycles. The number of thiophene rings is 1. The van der Waals surface area contributed by atoms with Crippen LogP contribution in [0.25, 0.3) is 0 Å².